The first kappa shape index (κ1) is 11.6. The van der Waals surface area contributed by atoms with E-state index < -0.39 is 9.84 Å². The maximum absolute atomic E-state index is 11.9. The first-order chi connectivity index (χ1) is 7.57. The minimum atomic E-state index is -2.88. The fourth-order valence-corrected chi connectivity index (χ4v) is 3.37. The Morgan fingerprint density at radius 3 is 2.56 bits per heavy atom. The maximum Gasteiger partial charge on any atom is 0.226 e. The third kappa shape index (κ3) is 2.84. The van der Waals surface area contributed by atoms with Crippen LogP contribution in [0.2, 0.25) is 0 Å². The molecule has 1 amide bonds. The Morgan fingerprint density at radius 2 is 2.00 bits per heavy atom. The van der Waals surface area contributed by atoms with Crippen molar-refractivity contribution in [3.8, 4) is 0 Å². The zero-order chi connectivity index (χ0) is 11.6. The van der Waals surface area contributed by atoms with Crippen LogP contribution in [0, 0.1) is 0 Å². The zero-order valence-electron chi connectivity index (χ0n) is 9.31. The molecule has 0 N–H and O–H groups in total. The summed E-state index contributed by atoms with van der Waals surface area (Å²) in [7, 11) is -2.88. The smallest absolute Gasteiger partial charge is 0.226 e. The summed E-state index contributed by atoms with van der Waals surface area (Å²) < 4.78 is 22.4. The van der Waals surface area contributed by atoms with Crippen LogP contribution in [0.3, 0.4) is 0 Å². The molecule has 0 atom stereocenters. The van der Waals surface area contributed by atoms with Gasteiger partial charge in [0.25, 0.3) is 0 Å². The SMILES string of the molecule is O=C(CC1=CCCC1)N1CCS(=O)(=O)CC1. The molecule has 0 spiro atoms. The molecule has 0 radical (unpaired) electrons. The number of carbonyl (C=O) groups is 1. The molecule has 2 aliphatic rings. The Kier molecular flexibility index (Phi) is 3.33. The molecular formula is C11H17NO3S. The predicted octanol–water partition coefficient (Wildman–Crippen LogP) is 0.744. The Morgan fingerprint density at radius 1 is 1.31 bits per heavy atom. The molecular weight excluding hydrogens is 226 g/mol. The van der Waals surface area contributed by atoms with E-state index >= 15 is 0 Å². The third-order valence-corrected chi connectivity index (χ3v) is 4.82. The first-order valence-electron chi connectivity index (χ1n) is 5.73. The highest BCUT2D eigenvalue weighted by Gasteiger charge is 2.25. The van der Waals surface area contributed by atoms with Gasteiger partial charge in [-0.3, -0.25) is 4.79 Å². The number of nitrogens with zero attached hydrogens (tertiary/aromatic N) is 1. The number of amides is 1. The van der Waals surface area contributed by atoms with Crippen molar-refractivity contribution in [2.24, 2.45) is 0 Å². The van der Waals surface area contributed by atoms with Crippen molar-refractivity contribution in [1.82, 2.24) is 4.90 Å². The highest BCUT2D eigenvalue weighted by atomic mass is 32.2. The molecule has 16 heavy (non-hydrogen) atoms. The average Bonchev–Trinajstić information content (AvgIpc) is 2.70. The molecule has 1 saturated heterocycles. The highest BCUT2D eigenvalue weighted by molar-refractivity contribution is 7.91. The monoisotopic (exact) mass is 243 g/mol. The minimum absolute atomic E-state index is 0.0862. The molecule has 2 rings (SSSR count). The summed E-state index contributed by atoms with van der Waals surface area (Å²) in [4.78, 5) is 13.5. The lowest BCUT2D eigenvalue weighted by Gasteiger charge is -2.26. The van der Waals surface area contributed by atoms with E-state index in [9.17, 15) is 13.2 Å². The van der Waals surface area contributed by atoms with E-state index in [-0.39, 0.29) is 17.4 Å². The molecule has 0 aromatic rings. The molecule has 0 aromatic heterocycles. The molecule has 4 nitrogen and oxygen atoms in total. The number of carbonyl (C=O) groups excluding carboxylic acids is 1. The van der Waals surface area contributed by atoms with E-state index in [0.717, 1.165) is 19.3 Å². The van der Waals surface area contributed by atoms with Gasteiger partial charge in [-0.15, -0.1) is 0 Å². The van der Waals surface area contributed by atoms with Crippen LogP contribution in [0.15, 0.2) is 11.6 Å². The maximum atomic E-state index is 11.9. The summed E-state index contributed by atoms with van der Waals surface area (Å²) in [5, 5.41) is 0. The van der Waals surface area contributed by atoms with Crippen molar-refractivity contribution >= 4 is 15.7 Å². The van der Waals surface area contributed by atoms with E-state index in [2.05, 4.69) is 6.08 Å². The van der Waals surface area contributed by atoms with Gasteiger partial charge in [-0.05, 0) is 19.3 Å². The lowest BCUT2D eigenvalue weighted by Crippen LogP contribution is -2.43. The Balaban J connectivity index is 1.86. The van der Waals surface area contributed by atoms with Crippen LogP contribution in [0.25, 0.3) is 0 Å². The van der Waals surface area contributed by atoms with Gasteiger partial charge in [0.05, 0.1) is 11.5 Å². The van der Waals surface area contributed by atoms with Crippen LogP contribution in [0.5, 0.6) is 0 Å². The van der Waals surface area contributed by atoms with Gasteiger partial charge in [0, 0.05) is 19.5 Å². The number of hydrogen-bond donors (Lipinski definition) is 0. The molecule has 90 valence electrons. The Hall–Kier alpha value is -0.840. The molecule has 5 heteroatoms. The van der Waals surface area contributed by atoms with E-state index in [1.54, 1.807) is 4.90 Å². The topological polar surface area (TPSA) is 54.5 Å². The van der Waals surface area contributed by atoms with Gasteiger partial charge in [-0.1, -0.05) is 11.6 Å². The summed E-state index contributed by atoms with van der Waals surface area (Å²) in [6.45, 7) is 0.739. The van der Waals surface area contributed by atoms with Crippen LogP contribution in [-0.2, 0) is 14.6 Å². The number of rotatable bonds is 2. The molecule has 1 fully saturated rings. The van der Waals surface area contributed by atoms with Crippen LogP contribution in [0.1, 0.15) is 25.7 Å². The largest absolute Gasteiger partial charge is 0.340 e. The number of hydrogen-bond acceptors (Lipinski definition) is 3. The van der Waals surface area contributed by atoms with Crippen LogP contribution in [0.4, 0.5) is 0 Å². The second kappa shape index (κ2) is 4.57. The second-order valence-corrected chi connectivity index (χ2v) is 6.77. The van der Waals surface area contributed by atoms with Crippen LogP contribution in [-0.4, -0.2) is 43.8 Å². The standard InChI is InChI=1S/C11H17NO3S/c13-11(9-10-3-1-2-4-10)12-5-7-16(14,15)8-6-12/h3H,1-2,4-9H2. The second-order valence-electron chi connectivity index (χ2n) is 4.46. The molecule has 0 aromatic carbocycles. The van der Waals surface area contributed by atoms with Gasteiger partial charge >= 0.3 is 0 Å². The molecule has 0 unspecified atom stereocenters. The first-order valence-corrected chi connectivity index (χ1v) is 7.55. The van der Waals surface area contributed by atoms with E-state index in [0.29, 0.717) is 19.5 Å². The number of sulfone groups is 1. The normalized spacial score (nSPS) is 24.2. The van der Waals surface area contributed by atoms with Gasteiger partial charge < -0.3 is 4.90 Å². The molecule has 0 saturated carbocycles. The van der Waals surface area contributed by atoms with Gasteiger partial charge in [-0.2, -0.15) is 0 Å². The summed E-state index contributed by atoms with van der Waals surface area (Å²) in [6.07, 6.45) is 5.88. The molecule has 1 heterocycles. The van der Waals surface area contributed by atoms with E-state index in [1.165, 1.54) is 5.57 Å². The minimum Gasteiger partial charge on any atom is -0.340 e. The van der Waals surface area contributed by atoms with Crippen molar-refractivity contribution < 1.29 is 13.2 Å². The fourth-order valence-electron chi connectivity index (χ4n) is 2.17. The van der Waals surface area contributed by atoms with Crippen LogP contribution >= 0.6 is 0 Å². The van der Waals surface area contributed by atoms with Gasteiger partial charge in [-0.25, -0.2) is 8.42 Å². The van der Waals surface area contributed by atoms with Crippen molar-refractivity contribution in [2.45, 2.75) is 25.7 Å². The van der Waals surface area contributed by atoms with Gasteiger partial charge in [0.2, 0.25) is 5.91 Å². The zero-order valence-corrected chi connectivity index (χ0v) is 10.1. The summed E-state index contributed by atoms with van der Waals surface area (Å²) in [5.74, 6) is 0.332. The van der Waals surface area contributed by atoms with Crippen molar-refractivity contribution in [2.75, 3.05) is 24.6 Å². The molecule has 1 aliphatic carbocycles. The quantitative estimate of drug-likeness (QED) is 0.672. The predicted molar refractivity (Wildman–Crippen MR) is 61.8 cm³/mol. The summed E-state index contributed by atoms with van der Waals surface area (Å²) in [5.41, 5.74) is 1.22. The molecule has 1 aliphatic heterocycles. The summed E-state index contributed by atoms with van der Waals surface area (Å²) >= 11 is 0. The average molecular weight is 243 g/mol. The van der Waals surface area contributed by atoms with Crippen molar-refractivity contribution in [3.63, 3.8) is 0 Å². The van der Waals surface area contributed by atoms with Crippen LogP contribution < -0.4 is 0 Å². The lowest BCUT2D eigenvalue weighted by molar-refractivity contribution is -0.130. The highest BCUT2D eigenvalue weighted by Crippen LogP contribution is 2.21. The van der Waals surface area contributed by atoms with Crippen molar-refractivity contribution in [3.05, 3.63) is 11.6 Å². The lowest BCUT2D eigenvalue weighted by atomic mass is 10.1. The summed E-state index contributed by atoms with van der Waals surface area (Å²) in [6, 6.07) is 0. The van der Waals surface area contributed by atoms with Gasteiger partial charge in [0.15, 0.2) is 9.84 Å². The third-order valence-electron chi connectivity index (χ3n) is 3.21. The fraction of sp³-hybridized carbons (Fsp3) is 0.727. The van der Waals surface area contributed by atoms with Crippen molar-refractivity contribution in [1.29, 1.82) is 0 Å². The van der Waals surface area contributed by atoms with Gasteiger partial charge in [0.1, 0.15) is 0 Å². The number of allylic oxidation sites excluding steroid dienone is 1. The Bertz CT molecular complexity index is 397. The Labute approximate surface area is 96.2 Å². The molecule has 0 bridgehead atoms. The van der Waals surface area contributed by atoms with E-state index in [1.807, 2.05) is 0 Å². The van der Waals surface area contributed by atoms with E-state index in [4.69, 9.17) is 0 Å².